The largest absolute Gasteiger partial charge is 0.462 e. The van der Waals surface area contributed by atoms with Gasteiger partial charge in [-0.1, -0.05) is 15.9 Å². The number of esters is 1. The average molecular weight is 318 g/mol. The highest BCUT2D eigenvalue weighted by atomic mass is 79.9. The molecule has 1 aliphatic rings. The van der Waals surface area contributed by atoms with Crippen LogP contribution < -0.4 is 4.90 Å². The smallest absolute Gasteiger partial charge is 0.341 e. The molecule has 0 N–H and O–H groups in total. The van der Waals surface area contributed by atoms with Gasteiger partial charge in [-0.3, -0.25) is 4.79 Å². The van der Waals surface area contributed by atoms with Crippen molar-refractivity contribution in [2.24, 2.45) is 0 Å². The summed E-state index contributed by atoms with van der Waals surface area (Å²) in [5.41, 5.74) is 0.479. The van der Waals surface area contributed by atoms with E-state index in [2.05, 4.69) is 15.9 Å². The van der Waals surface area contributed by atoms with Crippen LogP contribution in [0.2, 0.25) is 0 Å². The summed E-state index contributed by atoms with van der Waals surface area (Å²) < 4.78 is 4.97. The molecule has 1 aliphatic heterocycles. The first kappa shape index (κ1) is 12.6. The van der Waals surface area contributed by atoms with E-state index in [0.717, 1.165) is 0 Å². The van der Waals surface area contributed by atoms with Gasteiger partial charge in [0, 0.05) is 17.8 Å². The van der Waals surface area contributed by atoms with Crippen LogP contribution in [0.4, 0.5) is 5.00 Å². The number of alkyl halides is 1. The third kappa shape index (κ3) is 2.52. The molecule has 0 aromatic carbocycles. The maximum atomic E-state index is 11.8. The van der Waals surface area contributed by atoms with Gasteiger partial charge in [0.1, 0.15) is 5.00 Å². The fourth-order valence-electron chi connectivity index (χ4n) is 1.73. The Morgan fingerprint density at radius 2 is 2.47 bits per heavy atom. The minimum Gasteiger partial charge on any atom is -0.462 e. The van der Waals surface area contributed by atoms with Crippen molar-refractivity contribution in [3.05, 3.63) is 17.0 Å². The number of halogens is 1. The molecular formula is C11H12BrNO3S. The SMILES string of the molecule is CCOC(=O)c1ccsc1N1CC(Br)CC1=O. The molecule has 1 fully saturated rings. The van der Waals surface area contributed by atoms with Gasteiger partial charge < -0.3 is 9.64 Å². The predicted molar refractivity (Wildman–Crippen MR) is 70.0 cm³/mol. The minimum absolute atomic E-state index is 0.0415. The molecule has 0 aliphatic carbocycles. The monoisotopic (exact) mass is 317 g/mol. The number of ether oxygens (including phenoxy) is 1. The summed E-state index contributed by atoms with van der Waals surface area (Å²) in [6.45, 7) is 2.70. The quantitative estimate of drug-likeness (QED) is 0.635. The molecule has 0 radical (unpaired) electrons. The number of amides is 1. The molecule has 1 unspecified atom stereocenters. The molecule has 0 saturated carbocycles. The molecule has 1 saturated heterocycles. The summed E-state index contributed by atoms with van der Waals surface area (Å²) in [4.78, 5) is 25.3. The van der Waals surface area contributed by atoms with Crippen LogP contribution in [-0.4, -0.2) is 29.9 Å². The molecule has 0 spiro atoms. The zero-order valence-electron chi connectivity index (χ0n) is 9.31. The molecule has 1 atom stereocenters. The minimum atomic E-state index is -0.366. The predicted octanol–water partition coefficient (Wildman–Crippen LogP) is 2.43. The Balaban J connectivity index is 2.25. The van der Waals surface area contributed by atoms with E-state index in [1.807, 2.05) is 0 Å². The third-order valence-corrected chi connectivity index (χ3v) is 4.01. The van der Waals surface area contributed by atoms with Gasteiger partial charge >= 0.3 is 5.97 Å². The number of nitrogens with zero attached hydrogens (tertiary/aromatic N) is 1. The summed E-state index contributed by atoms with van der Waals surface area (Å²) in [6, 6.07) is 1.70. The first-order valence-electron chi connectivity index (χ1n) is 5.32. The van der Waals surface area contributed by atoms with E-state index in [4.69, 9.17) is 4.74 Å². The van der Waals surface area contributed by atoms with Crippen molar-refractivity contribution in [2.75, 3.05) is 18.1 Å². The van der Waals surface area contributed by atoms with E-state index in [-0.39, 0.29) is 16.7 Å². The molecule has 4 nitrogen and oxygen atoms in total. The van der Waals surface area contributed by atoms with Crippen LogP contribution in [0.15, 0.2) is 11.4 Å². The number of anilines is 1. The second kappa shape index (κ2) is 5.18. The Labute approximate surface area is 112 Å². The van der Waals surface area contributed by atoms with E-state index >= 15 is 0 Å². The highest BCUT2D eigenvalue weighted by molar-refractivity contribution is 9.09. The van der Waals surface area contributed by atoms with Crippen molar-refractivity contribution in [2.45, 2.75) is 18.2 Å². The van der Waals surface area contributed by atoms with E-state index in [1.165, 1.54) is 11.3 Å². The van der Waals surface area contributed by atoms with E-state index in [9.17, 15) is 9.59 Å². The van der Waals surface area contributed by atoms with Crippen molar-refractivity contribution in [3.8, 4) is 0 Å². The van der Waals surface area contributed by atoms with E-state index in [0.29, 0.717) is 30.1 Å². The van der Waals surface area contributed by atoms with Gasteiger partial charge in [0.2, 0.25) is 5.91 Å². The Morgan fingerprint density at radius 3 is 3.06 bits per heavy atom. The summed E-state index contributed by atoms with van der Waals surface area (Å²) in [5.74, 6) is -0.325. The zero-order chi connectivity index (χ0) is 12.4. The second-order valence-electron chi connectivity index (χ2n) is 3.67. The van der Waals surface area contributed by atoms with Crippen LogP contribution in [-0.2, 0) is 9.53 Å². The average Bonchev–Trinajstić information content (AvgIpc) is 2.84. The Morgan fingerprint density at radius 1 is 1.71 bits per heavy atom. The lowest BCUT2D eigenvalue weighted by molar-refractivity contribution is -0.116. The molecule has 92 valence electrons. The molecule has 17 heavy (non-hydrogen) atoms. The van der Waals surface area contributed by atoms with Gasteiger partial charge in [-0.15, -0.1) is 11.3 Å². The highest BCUT2D eigenvalue weighted by Gasteiger charge is 2.32. The normalized spacial score (nSPS) is 19.8. The lowest BCUT2D eigenvalue weighted by atomic mass is 10.3. The topological polar surface area (TPSA) is 46.6 Å². The highest BCUT2D eigenvalue weighted by Crippen LogP contribution is 2.33. The molecule has 2 heterocycles. The number of thiophene rings is 1. The van der Waals surface area contributed by atoms with Crippen LogP contribution in [0.5, 0.6) is 0 Å². The maximum Gasteiger partial charge on any atom is 0.341 e. The third-order valence-electron chi connectivity index (χ3n) is 2.46. The molecule has 1 aromatic heterocycles. The number of carbonyl (C=O) groups is 2. The lowest BCUT2D eigenvalue weighted by Crippen LogP contribution is -2.25. The number of carbonyl (C=O) groups excluding carboxylic acids is 2. The standard InChI is InChI=1S/C11H12BrNO3S/c1-2-16-11(15)8-3-4-17-10(8)13-6-7(12)5-9(13)14/h3-4,7H,2,5-6H2,1H3. The number of rotatable bonds is 3. The summed E-state index contributed by atoms with van der Waals surface area (Å²) in [5, 5.41) is 2.49. The Kier molecular flexibility index (Phi) is 3.83. The van der Waals surface area contributed by atoms with Crippen molar-refractivity contribution in [3.63, 3.8) is 0 Å². The van der Waals surface area contributed by atoms with Crippen molar-refractivity contribution >= 4 is 44.1 Å². The lowest BCUT2D eigenvalue weighted by Gasteiger charge is -2.15. The fourth-order valence-corrected chi connectivity index (χ4v) is 3.22. The van der Waals surface area contributed by atoms with Gasteiger partial charge in [0.05, 0.1) is 12.2 Å². The second-order valence-corrected chi connectivity index (χ2v) is 5.86. The molecule has 1 amide bonds. The van der Waals surface area contributed by atoms with Crippen LogP contribution >= 0.6 is 27.3 Å². The Hall–Kier alpha value is -0.880. The van der Waals surface area contributed by atoms with Gasteiger partial charge in [0.15, 0.2) is 0 Å². The summed E-state index contributed by atoms with van der Waals surface area (Å²) in [6.07, 6.45) is 0.472. The van der Waals surface area contributed by atoms with Crippen LogP contribution in [0.1, 0.15) is 23.7 Å². The van der Waals surface area contributed by atoms with E-state index in [1.54, 1.807) is 23.3 Å². The first-order valence-corrected chi connectivity index (χ1v) is 7.12. The van der Waals surface area contributed by atoms with Crippen molar-refractivity contribution < 1.29 is 14.3 Å². The molecule has 2 rings (SSSR count). The summed E-state index contributed by atoms with van der Waals surface area (Å²) in [7, 11) is 0. The Bertz CT molecular complexity index is 446. The van der Waals surface area contributed by atoms with Crippen molar-refractivity contribution in [1.29, 1.82) is 0 Å². The van der Waals surface area contributed by atoms with Crippen LogP contribution in [0.25, 0.3) is 0 Å². The van der Waals surface area contributed by atoms with Crippen LogP contribution in [0, 0.1) is 0 Å². The fraction of sp³-hybridized carbons (Fsp3) is 0.455. The van der Waals surface area contributed by atoms with Crippen LogP contribution in [0.3, 0.4) is 0 Å². The van der Waals surface area contributed by atoms with Crippen molar-refractivity contribution in [1.82, 2.24) is 0 Å². The summed E-state index contributed by atoms with van der Waals surface area (Å²) >= 11 is 4.81. The molecule has 0 bridgehead atoms. The van der Waals surface area contributed by atoms with Gasteiger partial charge in [0.25, 0.3) is 0 Å². The molecule has 6 heteroatoms. The van der Waals surface area contributed by atoms with Gasteiger partial charge in [-0.2, -0.15) is 0 Å². The first-order chi connectivity index (χ1) is 8.13. The maximum absolute atomic E-state index is 11.8. The molecular weight excluding hydrogens is 306 g/mol. The van der Waals surface area contributed by atoms with E-state index < -0.39 is 0 Å². The number of hydrogen-bond donors (Lipinski definition) is 0. The van der Waals surface area contributed by atoms with Gasteiger partial charge in [-0.05, 0) is 18.4 Å². The number of hydrogen-bond acceptors (Lipinski definition) is 4. The zero-order valence-corrected chi connectivity index (χ0v) is 11.7. The van der Waals surface area contributed by atoms with Gasteiger partial charge in [-0.25, -0.2) is 4.79 Å². The molecule has 1 aromatic rings.